The van der Waals surface area contributed by atoms with E-state index in [0.717, 1.165) is 49.5 Å². The molecule has 1 aromatic rings. The first-order valence-corrected chi connectivity index (χ1v) is 11.9. The van der Waals surface area contributed by atoms with Crippen LogP contribution in [0, 0.1) is 12.8 Å². The van der Waals surface area contributed by atoms with Gasteiger partial charge in [-0.3, -0.25) is 4.79 Å². The van der Waals surface area contributed by atoms with E-state index in [1.807, 2.05) is 11.0 Å². The fourth-order valence-electron chi connectivity index (χ4n) is 3.70. The van der Waals surface area contributed by atoms with E-state index in [9.17, 15) is 4.79 Å². The Morgan fingerprint density at radius 3 is 2.76 bits per heavy atom. The van der Waals surface area contributed by atoms with Gasteiger partial charge in [-0.15, -0.1) is 0 Å². The van der Waals surface area contributed by atoms with Gasteiger partial charge < -0.3 is 15.1 Å². The summed E-state index contributed by atoms with van der Waals surface area (Å²) in [6, 6.07) is 8.43. The van der Waals surface area contributed by atoms with E-state index in [4.69, 9.17) is 0 Å². The molecule has 154 valence electrons. The maximum absolute atomic E-state index is 12.7. The number of aryl methyl sites for hydroxylation is 1. The van der Waals surface area contributed by atoms with Crippen LogP contribution in [0.2, 0.25) is 0 Å². The molecule has 5 heteroatoms. The van der Waals surface area contributed by atoms with Crippen molar-refractivity contribution in [2.75, 3.05) is 26.2 Å². The van der Waals surface area contributed by atoms with Gasteiger partial charge in [-0.2, -0.15) is 0 Å². The van der Waals surface area contributed by atoms with Gasteiger partial charge >= 0.3 is 0 Å². The monoisotopic (exact) mass is 409 g/mol. The number of nitrogens with one attached hydrogen (secondary N) is 1. The summed E-state index contributed by atoms with van der Waals surface area (Å²) in [5.41, 5.74) is 3.56. The Morgan fingerprint density at radius 2 is 2.00 bits per heavy atom. The summed E-state index contributed by atoms with van der Waals surface area (Å²) in [7, 11) is 0.583. The van der Waals surface area contributed by atoms with Crippen molar-refractivity contribution in [2.24, 2.45) is 5.92 Å². The first-order chi connectivity index (χ1) is 14.1. The van der Waals surface area contributed by atoms with Crippen LogP contribution < -0.4 is 5.32 Å². The summed E-state index contributed by atoms with van der Waals surface area (Å²) in [5.74, 6) is 1.33. The minimum Gasteiger partial charge on any atom is -0.369 e. The molecule has 1 aromatic carbocycles. The number of carbonyl (C=O) groups is 1. The molecule has 0 radical (unpaired) electrons. The molecule has 2 unspecified atom stereocenters. The fourth-order valence-corrected chi connectivity index (χ4v) is 5.08. The molecule has 0 aromatic heterocycles. The van der Waals surface area contributed by atoms with Gasteiger partial charge in [-0.1, -0.05) is 64.3 Å². The highest BCUT2D eigenvalue weighted by Gasteiger charge is 2.29. The Kier molecular flexibility index (Phi) is 6.52. The van der Waals surface area contributed by atoms with Crippen LogP contribution in [0.3, 0.4) is 0 Å². The second kappa shape index (κ2) is 9.28. The van der Waals surface area contributed by atoms with Crippen LogP contribution in [-0.2, 0) is 4.79 Å². The third-order valence-corrected chi connectivity index (χ3v) is 7.26. The molecule has 4 nitrogen and oxygen atoms in total. The van der Waals surface area contributed by atoms with Gasteiger partial charge in [-0.05, 0) is 42.8 Å². The summed E-state index contributed by atoms with van der Waals surface area (Å²) in [6.45, 7) is 8.48. The van der Waals surface area contributed by atoms with Crippen LogP contribution in [0.25, 0.3) is 5.31 Å². The number of amides is 1. The Morgan fingerprint density at radius 1 is 1.17 bits per heavy atom. The van der Waals surface area contributed by atoms with Crippen LogP contribution in [0.15, 0.2) is 54.4 Å². The number of benzene rings is 1. The molecule has 1 amide bonds. The first kappa shape index (κ1) is 20.4. The summed E-state index contributed by atoms with van der Waals surface area (Å²) < 4.78 is 0. The molecule has 29 heavy (non-hydrogen) atoms. The van der Waals surface area contributed by atoms with Crippen molar-refractivity contribution in [3.8, 4) is 0 Å². The highest BCUT2D eigenvalue weighted by molar-refractivity contribution is 7.51. The van der Waals surface area contributed by atoms with E-state index < -0.39 is 0 Å². The Labute approximate surface area is 176 Å². The molecule has 3 heterocycles. The maximum Gasteiger partial charge on any atom is 0.252 e. The molecule has 1 saturated heterocycles. The minimum atomic E-state index is 0.0926. The summed E-state index contributed by atoms with van der Waals surface area (Å²) in [5, 5.41) is 4.59. The fraction of sp³-hybridized carbons (Fsp3) is 0.458. The van der Waals surface area contributed by atoms with Crippen molar-refractivity contribution in [2.45, 2.75) is 38.9 Å². The van der Waals surface area contributed by atoms with Gasteiger partial charge in [0.1, 0.15) is 0 Å². The number of hydrogen-bond acceptors (Lipinski definition) is 3. The number of nitrogens with zero attached hydrogens (tertiary/aromatic N) is 2. The largest absolute Gasteiger partial charge is 0.369 e. The molecule has 0 spiro atoms. The van der Waals surface area contributed by atoms with E-state index in [1.165, 1.54) is 24.0 Å². The van der Waals surface area contributed by atoms with Crippen molar-refractivity contribution in [1.29, 1.82) is 0 Å². The lowest BCUT2D eigenvalue weighted by molar-refractivity contribution is -0.123. The molecule has 1 N–H and O–H groups in total. The molecular weight excluding hydrogens is 377 g/mol. The van der Waals surface area contributed by atoms with Crippen LogP contribution in [-0.4, -0.2) is 47.7 Å². The summed E-state index contributed by atoms with van der Waals surface area (Å²) in [4.78, 5) is 17.0. The molecule has 2 atom stereocenters. The van der Waals surface area contributed by atoms with E-state index in [1.54, 1.807) is 0 Å². The molecule has 5 rings (SSSR count). The average molecular weight is 410 g/mol. The van der Waals surface area contributed by atoms with E-state index >= 15 is 0 Å². The predicted molar refractivity (Wildman–Crippen MR) is 123 cm³/mol. The third-order valence-electron chi connectivity index (χ3n) is 5.75. The standard InChI is InChI=1S/C20H24N3OP.C4H8/c1-15-4-2-5-16(12-15)18-13-19(24)23-14-17(6-7-20(23)25-18)22-10-3-8-21-9-11-22;1-4-2-3-4/h2,4-7,12-14,20-21,25H,3,8-11H2,1H3;4H,2-3H2,1H3. The predicted octanol–water partition coefficient (Wildman–Crippen LogP) is 4.31. The normalized spacial score (nSPS) is 24.9. The zero-order valence-corrected chi connectivity index (χ0v) is 18.5. The number of rotatable bonds is 2. The highest BCUT2D eigenvalue weighted by Crippen LogP contribution is 2.44. The molecule has 4 aliphatic rings. The van der Waals surface area contributed by atoms with E-state index in [0.29, 0.717) is 8.58 Å². The van der Waals surface area contributed by atoms with Crippen molar-refractivity contribution < 1.29 is 4.79 Å². The van der Waals surface area contributed by atoms with E-state index in [-0.39, 0.29) is 11.7 Å². The Bertz CT molecular complexity index is 832. The highest BCUT2D eigenvalue weighted by atomic mass is 31.1. The number of allylic oxidation sites excluding steroid dienone is 1. The second-order valence-corrected chi connectivity index (χ2v) is 9.87. The average Bonchev–Trinajstić information content (AvgIpc) is 3.54. The van der Waals surface area contributed by atoms with Crippen molar-refractivity contribution >= 4 is 19.8 Å². The Hall–Kier alpha value is -1.90. The minimum absolute atomic E-state index is 0.0926. The van der Waals surface area contributed by atoms with E-state index in [2.05, 4.69) is 66.7 Å². The van der Waals surface area contributed by atoms with Crippen molar-refractivity contribution in [3.63, 3.8) is 0 Å². The zero-order valence-electron chi connectivity index (χ0n) is 17.5. The molecule has 1 aliphatic carbocycles. The zero-order chi connectivity index (χ0) is 20.2. The van der Waals surface area contributed by atoms with Crippen LogP contribution in [0.5, 0.6) is 0 Å². The summed E-state index contributed by atoms with van der Waals surface area (Å²) >= 11 is 0. The SMILES string of the molecule is CC1CC1.Cc1cccc(C2=CC(=O)N3C=C(N4CCCNCC4)C=CC3P2)c1. The van der Waals surface area contributed by atoms with Gasteiger partial charge in [-0.25, -0.2) is 0 Å². The van der Waals surface area contributed by atoms with Crippen molar-refractivity contribution in [3.05, 3.63) is 65.5 Å². The lowest BCUT2D eigenvalue weighted by Crippen LogP contribution is -2.38. The second-order valence-electron chi connectivity index (χ2n) is 8.45. The van der Waals surface area contributed by atoms with Gasteiger partial charge in [0.15, 0.2) is 0 Å². The lowest BCUT2D eigenvalue weighted by Gasteiger charge is -2.36. The third kappa shape index (κ3) is 5.38. The quantitative estimate of drug-likeness (QED) is 0.740. The van der Waals surface area contributed by atoms with Gasteiger partial charge in [0, 0.05) is 31.9 Å². The number of fused-ring (bicyclic) bond motifs is 1. The lowest BCUT2D eigenvalue weighted by atomic mass is 10.1. The van der Waals surface area contributed by atoms with Crippen LogP contribution in [0.1, 0.15) is 37.3 Å². The number of carbonyl (C=O) groups excluding carboxylic acids is 1. The molecule has 0 bridgehead atoms. The topological polar surface area (TPSA) is 35.6 Å². The summed E-state index contributed by atoms with van der Waals surface area (Å²) in [6.07, 6.45) is 12.4. The molecule has 2 fully saturated rings. The smallest absolute Gasteiger partial charge is 0.252 e. The van der Waals surface area contributed by atoms with Crippen molar-refractivity contribution in [1.82, 2.24) is 15.1 Å². The Balaban J connectivity index is 0.000000458. The molecule has 1 saturated carbocycles. The first-order valence-electron chi connectivity index (χ1n) is 10.8. The van der Waals surface area contributed by atoms with Crippen LogP contribution >= 0.6 is 8.58 Å². The van der Waals surface area contributed by atoms with Gasteiger partial charge in [0.05, 0.1) is 11.5 Å². The maximum atomic E-state index is 12.7. The molecular formula is C24H32N3OP. The van der Waals surface area contributed by atoms with Gasteiger partial charge in [0.25, 0.3) is 5.91 Å². The molecule has 3 aliphatic heterocycles. The van der Waals surface area contributed by atoms with Crippen LogP contribution in [0.4, 0.5) is 0 Å². The number of hydrogen-bond donors (Lipinski definition) is 1. The van der Waals surface area contributed by atoms with Gasteiger partial charge in [0.2, 0.25) is 0 Å².